The van der Waals surface area contributed by atoms with E-state index < -0.39 is 5.97 Å². The number of aryl methyl sites for hydroxylation is 1. The van der Waals surface area contributed by atoms with Crippen LogP contribution in [0.2, 0.25) is 0 Å². The van der Waals surface area contributed by atoms with E-state index in [9.17, 15) is 4.79 Å². The fraction of sp³-hybridized carbons (Fsp3) is 0.333. The molecule has 2 aromatic heterocycles. The number of fused-ring (bicyclic) bond motifs is 1. The Morgan fingerprint density at radius 2 is 2.00 bits per heavy atom. The Bertz CT molecular complexity index is 1320. The van der Waals surface area contributed by atoms with Crippen LogP contribution in [0.15, 0.2) is 43.0 Å². The molecule has 1 fully saturated rings. The summed E-state index contributed by atoms with van der Waals surface area (Å²) in [5.74, 6) is 0.959. The lowest BCUT2D eigenvalue weighted by Crippen LogP contribution is -2.37. The van der Waals surface area contributed by atoms with E-state index in [0.29, 0.717) is 61.8 Å². The summed E-state index contributed by atoms with van der Waals surface area (Å²) in [6, 6.07) is 7.52. The lowest BCUT2D eigenvalue weighted by atomic mass is 10.0. The number of carbonyl (C=O) groups excluding carboxylic acids is 1. The van der Waals surface area contributed by atoms with Crippen molar-refractivity contribution in [2.75, 3.05) is 43.5 Å². The topological polar surface area (TPSA) is 108 Å². The van der Waals surface area contributed by atoms with Crippen molar-refractivity contribution in [2.24, 2.45) is 0 Å². The van der Waals surface area contributed by atoms with E-state index in [4.69, 9.17) is 30.2 Å². The number of hydrogen-bond donors (Lipinski definition) is 1. The van der Waals surface area contributed by atoms with E-state index in [1.165, 1.54) is 0 Å². The Hall–Kier alpha value is -3.98. The number of rotatable bonds is 6. The molecular formula is C27H30N6O3. The molecule has 9 heteroatoms. The Kier molecular flexibility index (Phi) is 6.81. The summed E-state index contributed by atoms with van der Waals surface area (Å²) in [5, 5.41) is 0. The van der Waals surface area contributed by atoms with Gasteiger partial charge in [0, 0.05) is 42.0 Å². The first-order valence-electron chi connectivity index (χ1n) is 12.3. The summed E-state index contributed by atoms with van der Waals surface area (Å²) in [4.78, 5) is 29.7. The van der Waals surface area contributed by atoms with Gasteiger partial charge in [0.25, 0.3) is 0 Å². The monoisotopic (exact) mass is 486 g/mol. The van der Waals surface area contributed by atoms with Crippen molar-refractivity contribution < 1.29 is 14.3 Å². The van der Waals surface area contributed by atoms with Crippen molar-refractivity contribution >= 4 is 23.7 Å². The Morgan fingerprint density at radius 3 is 2.78 bits per heavy atom. The standard InChI is InChI=1S/C27H30N6O3/c1-3-19-20(10-8-11-21(19)28)24-29-26(32-13-15-35-16-14-32)31-27(30-24)33-22-12-7-5-6-9-18(22)17-23(33)25(34)36-4-2/h3,5,7-8,10-11,17H,1,4,6,9,12-16,28H2,2H3. The van der Waals surface area contributed by atoms with Gasteiger partial charge in [-0.15, -0.1) is 0 Å². The van der Waals surface area contributed by atoms with Crippen molar-refractivity contribution in [2.45, 2.75) is 26.2 Å². The molecule has 1 saturated heterocycles. The maximum Gasteiger partial charge on any atom is 0.355 e. The minimum Gasteiger partial charge on any atom is -0.461 e. The first-order chi connectivity index (χ1) is 17.6. The number of ether oxygens (including phenoxy) is 2. The van der Waals surface area contributed by atoms with Crippen molar-refractivity contribution in [3.63, 3.8) is 0 Å². The second kappa shape index (κ2) is 10.3. The van der Waals surface area contributed by atoms with Gasteiger partial charge in [0.2, 0.25) is 11.9 Å². The molecule has 0 bridgehead atoms. The molecule has 1 aromatic carbocycles. The van der Waals surface area contributed by atoms with Gasteiger partial charge in [0.1, 0.15) is 5.69 Å². The molecular weight excluding hydrogens is 456 g/mol. The third-order valence-electron chi connectivity index (χ3n) is 6.43. The first-order valence-corrected chi connectivity index (χ1v) is 12.3. The van der Waals surface area contributed by atoms with Gasteiger partial charge in [0.05, 0.1) is 19.8 Å². The fourth-order valence-corrected chi connectivity index (χ4v) is 4.66. The van der Waals surface area contributed by atoms with Crippen molar-refractivity contribution in [3.05, 3.63) is 65.5 Å². The number of nitrogen functional groups attached to an aromatic ring is 1. The van der Waals surface area contributed by atoms with Gasteiger partial charge < -0.3 is 20.1 Å². The maximum atomic E-state index is 13.0. The molecule has 5 rings (SSSR count). The van der Waals surface area contributed by atoms with Crippen LogP contribution in [-0.2, 0) is 22.3 Å². The van der Waals surface area contributed by atoms with Crippen molar-refractivity contribution in [1.82, 2.24) is 19.5 Å². The van der Waals surface area contributed by atoms with Crippen LogP contribution in [0.1, 0.15) is 40.7 Å². The maximum absolute atomic E-state index is 13.0. The predicted octanol–water partition coefficient (Wildman–Crippen LogP) is 3.61. The summed E-state index contributed by atoms with van der Waals surface area (Å²) in [6.45, 7) is 8.51. The van der Waals surface area contributed by atoms with Crippen LogP contribution in [-0.4, -0.2) is 58.4 Å². The molecule has 0 radical (unpaired) electrons. The number of esters is 1. The highest BCUT2D eigenvalue weighted by atomic mass is 16.5. The van der Waals surface area contributed by atoms with Crippen molar-refractivity contribution in [3.8, 4) is 17.3 Å². The zero-order valence-corrected chi connectivity index (χ0v) is 20.4. The minimum atomic E-state index is -0.403. The molecule has 36 heavy (non-hydrogen) atoms. The molecule has 0 amide bonds. The molecule has 0 unspecified atom stereocenters. The van der Waals surface area contributed by atoms with Crippen LogP contribution >= 0.6 is 0 Å². The highest BCUT2D eigenvalue weighted by Crippen LogP contribution is 2.30. The van der Waals surface area contributed by atoms with Crippen LogP contribution < -0.4 is 10.6 Å². The molecule has 2 aliphatic rings. The zero-order valence-electron chi connectivity index (χ0n) is 20.4. The Morgan fingerprint density at radius 1 is 1.19 bits per heavy atom. The summed E-state index contributed by atoms with van der Waals surface area (Å²) >= 11 is 0. The molecule has 3 heterocycles. The van der Waals surface area contributed by atoms with Gasteiger partial charge in [-0.1, -0.05) is 36.9 Å². The van der Waals surface area contributed by atoms with Crippen LogP contribution in [0.3, 0.4) is 0 Å². The van der Waals surface area contributed by atoms with Crippen LogP contribution in [0, 0.1) is 0 Å². The fourth-order valence-electron chi connectivity index (χ4n) is 4.66. The van der Waals surface area contributed by atoms with E-state index in [2.05, 4.69) is 23.6 Å². The lowest BCUT2D eigenvalue weighted by Gasteiger charge is -2.27. The second-order valence-corrected chi connectivity index (χ2v) is 8.64. The number of aromatic nitrogens is 4. The predicted molar refractivity (Wildman–Crippen MR) is 139 cm³/mol. The number of morpholine rings is 1. The van der Waals surface area contributed by atoms with Gasteiger partial charge in [-0.05, 0) is 37.5 Å². The van der Waals surface area contributed by atoms with Crippen LogP contribution in [0.5, 0.6) is 0 Å². The number of benzene rings is 1. The third kappa shape index (κ3) is 4.49. The number of hydrogen-bond acceptors (Lipinski definition) is 8. The van der Waals surface area contributed by atoms with Crippen LogP contribution in [0.25, 0.3) is 23.4 Å². The normalized spacial score (nSPS) is 15.3. The second-order valence-electron chi connectivity index (χ2n) is 8.64. The van der Waals surface area contributed by atoms with Gasteiger partial charge in [-0.25, -0.2) is 4.79 Å². The lowest BCUT2D eigenvalue weighted by molar-refractivity contribution is 0.0516. The number of carbonyl (C=O) groups is 1. The SMILES string of the molecule is C=Cc1c(N)cccc1-c1nc(N2CCOCC2)nc(-n2c(C(=O)OCC)cc3c2CC=CCC3)n1. The molecule has 3 aromatic rings. The summed E-state index contributed by atoms with van der Waals surface area (Å²) < 4.78 is 12.8. The highest BCUT2D eigenvalue weighted by molar-refractivity contribution is 5.89. The summed E-state index contributed by atoms with van der Waals surface area (Å²) in [7, 11) is 0. The average Bonchev–Trinajstić information content (AvgIpc) is 3.11. The number of allylic oxidation sites excluding steroid dienone is 2. The summed E-state index contributed by atoms with van der Waals surface area (Å²) in [5.41, 5.74) is 10.8. The molecule has 1 aliphatic heterocycles. The van der Waals surface area contributed by atoms with E-state index in [1.54, 1.807) is 13.0 Å². The number of nitrogens with two attached hydrogens (primary N) is 1. The van der Waals surface area contributed by atoms with Gasteiger partial charge >= 0.3 is 5.97 Å². The highest BCUT2D eigenvalue weighted by Gasteiger charge is 2.26. The average molecular weight is 487 g/mol. The van der Waals surface area contributed by atoms with E-state index in [0.717, 1.165) is 35.2 Å². The summed E-state index contributed by atoms with van der Waals surface area (Å²) in [6.07, 6.45) is 8.39. The molecule has 0 atom stereocenters. The number of anilines is 2. The molecule has 0 saturated carbocycles. The van der Waals surface area contributed by atoms with Crippen LogP contribution in [0.4, 0.5) is 11.6 Å². The first kappa shape index (κ1) is 23.7. The smallest absolute Gasteiger partial charge is 0.355 e. The largest absolute Gasteiger partial charge is 0.461 e. The van der Waals surface area contributed by atoms with E-state index in [-0.39, 0.29) is 6.61 Å². The van der Waals surface area contributed by atoms with E-state index in [1.807, 2.05) is 28.8 Å². The molecule has 9 nitrogen and oxygen atoms in total. The van der Waals surface area contributed by atoms with Gasteiger partial charge in [-0.3, -0.25) is 4.57 Å². The van der Waals surface area contributed by atoms with Gasteiger partial charge in [0.15, 0.2) is 5.82 Å². The van der Waals surface area contributed by atoms with Gasteiger partial charge in [-0.2, -0.15) is 15.0 Å². The molecule has 0 spiro atoms. The molecule has 2 N–H and O–H groups in total. The Labute approximate surface area is 210 Å². The minimum absolute atomic E-state index is 0.280. The quantitative estimate of drug-likeness (QED) is 0.320. The molecule has 186 valence electrons. The molecule has 1 aliphatic carbocycles. The van der Waals surface area contributed by atoms with E-state index >= 15 is 0 Å². The number of nitrogens with zero attached hydrogens (tertiary/aromatic N) is 5. The van der Waals surface area contributed by atoms with Crippen molar-refractivity contribution in [1.29, 1.82) is 0 Å². The Balaban J connectivity index is 1.75. The zero-order chi connectivity index (χ0) is 25.1. The third-order valence-corrected chi connectivity index (χ3v) is 6.43.